The van der Waals surface area contributed by atoms with E-state index in [1.165, 1.54) is 6.07 Å². The molecule has 2 aromatic rings. The molecule has 0 bridgehead atoms. The summed E-state index contributed by atoms with van der Waals surface area (Å²) in [6, 6.07) is 9.41. The first-order valence-electron chi connectivity index (χ1n) is 9.77. The van der Waals surface area contributed by atoms with Crippen LogP contribution in [-0.2, 0) is 4.79 Å². The van der Waals surface area contributed by atoms with Crippen LogP contribution >= 0.6 is 23.2 Å². The van der Waals surface area contributed by atoms with Crippen LogP contribution in [0.3, 0.4) is 0 Å². The van der Waals surface area contributed by atoms with Gasteiger partial charge in [0.05, 0.1) is 26.8 Å². The van der Waals surface area contributed by atoms with Gasteiger partial charge in [0.25, 0.3) is 11.6 Å². The zero-order valence-electron chi connectivity index (χ0n) is 16.9. The smallest absolute Gasteiger partial charge is 0.274 e. The van der Waals surface area contributed by atoms with Crippen molar-refractivity contribution in [2.24, 2.45) is 0 Å². The average Bonchev–Trinajstić information content (AvgIpc) is 2.73. The van der Waals surface area contributed by atoms with Gasteiger partial charge >= 0.3 is 0 Å². The molecule has 1 heterocycles. The minimum absolute atomic E-state index is 0.0284. The van der Waals surface area contributed by atoms with Crippen molar-refractivity contribution in [2.45, 2.75) is 13.3 Å². The van der Waals surface area contributed by atoms with E-state index in [4.69, 9.17) is 23.2 Å². The second kappa shape index (κ2) is 10.1. The summed E-state index contributed by atoms with van der Waals surface area (Å²) in [4.78, 5) is 39.4. The Balaban J connectivity index is 1.48. The quantitative estimate of drug-likeness (QED) is 0.514. The van der Waals surface area contributed by atoms with Crippen LogP contribution in [0, 0.1) is 17.0 Å². The Morgan fingerprint density at radius 2 is 1.84 bits per heavy atom. The Bertz CT molecular complexity index is 1010. The van der Waals surface area contributed by atoms with Crippen LogP contribution in [0.4, 0.5) is 11.4 Å². The average molecular weight is 465 g/mol. The zero-order valence-corrected chi connectivity index (χ0v) is 18.4. The number of carbonyl (C=O) groups excluding carboxylic acids is 2. The Morgan fingerprint density at radius 3 is 2.48 bits per heavy atom. The van der Waals surface area contributed by atoms with Gasteiger partial charge in [0.15, 0.2) is 0 Å². The molecule has 164 valence electrons. The lowest BCUT2D eigenvalue weighted by Gasteiger charge is -2.34. The van der Waals surface area contributed by atoms with Gasteiger partial charge in [-0.25, -0.2) is 0 Å². The van der Waals surface area contributed by atoms with Crippen molar-refractivity contribution < 1.29 is 14.5 Å². The van der Waals surface area contributed by atoms with Crippen molar-refractivity contribution in [1.29, 1.82) is 0 Å². The maximum atomic E-state index is 12.7. The minimum atomic E-state index is -0.469. The monoisotopic (exact) mass is 464 g/mol. The minimum Gasteiger partial charge on any atom is -0.336 e. The van der Waals surface area contributed by atoms with Crippen LogP contribution in [0.25, 0.3) is 0 Å². The summed E-state index contributed by atoms with van der Waals surface area (Å²) >= 11 is 12.0. The third kappa shape index (κ3) is 5.72. The summed E-state index contributed by atoms with van der Waals surface area (Å²) in [5.41, 5.74) is 1.26. The molecule has 1 N–H and O–H groups in total. The molecule has 0 aromatic heterocycles. The lowest BCUT2D eigenvalue weighted by molar-refractivity contribution is -0.385. The van der Waals surface area contributed by atoms with Gasteiger partial charge in [-0.2, -0.15) is 0 Å². The van der Waals surface area contributed by atoms with Crippen molar-refractivity contribution in [3.8, 4) is 0 Å². The maximum absolute atomic E-state index is 12.7. The second-order valence-electron chi connectivity index (χ2n) is 7.26. The highest BCUT2D eigenvalue weighted by atomic mass is 35.5. The Labute approximate surface area is 189 Å². The predicted molar refractivity (Wildman–Crippen MR) is 120 cm³/mol. The van der Waals surface area contributed by atoms with E-state index in [9.17, 15) is 19.7 Å². The number of nitro benzene ring substituents is 1. The lowest BCUT2D eigenvalue weighted by atomic mass is 10.1. The fraction of sp³-hybridized carbons (Fsp3) is 0.333. The molecule has 0 saturated carbocycles. The third-order valence-corrected chi connectivity index (χ3v) is 5.80. The van der Waals surface area contributed by atoms with Crippen LogP contribution in [0.2, 0.25) is 10.0 Å². The first-order chi connectivity index (χ1) is 14.8. The van der Waals surface area contributed by atoms with E-state index in [1.54, 1.807) is 42.2 Å². The van der Waals surface area contributed by atoms with E-state index in [0.717, 1.165) is 0 Å². The van der Waals surface area contributed by atoms with Crippen LogP contribution in [-0.4, -0.2) is 59.3 Å². The van der Waals surface area contributed by atoms with E-state index in [-0.39, 0.29) is 23.9 Å². The molecule has 1 fully saturated rings. The molecule has 0 atom stereocenters. The number of nitro groups is 1. The van der Waals surface area contributed by atoms with E-state index in [2.05, 4.69) is 10.2 Å². The number of halogens is 2. The molecule has 8 nitrogen and oxygen atoms in total. The number of hydrogen-bond acceptors (Lipinski definition) is 5. The van der Waals surface area contributed by atoms with Crippen molar-refractivity contribution in [2.75, 3.05) is 38.0 Å². The molecule has 0 spiro atoms. The van der Waals surface area contributed by atoms with Gasteiger partial charge in [0, 0.05) is 50.2 Å². The number of amides is 2. The Hall–Kier alpha value is -2.68. The fourth-order valence-corrected chi connectivity index (χ4v) is 3.93. The van der Waals surface area contributed by atoms with Gasteiger partial charge in [-0.3, -0.25) is 24.6 Å². The van der Waals surface area contributed by atoms with E-state index < -0.39 is 4.92 Å². The lowest BCUT2D eigenvalue weighted by Crippen LogP contribution is -2.49. The molecule has 0 radical (unpaired) electrons. The molecule has 1 aliphatic heterocycles. The number of benzene rings is 2. The summed E-state index contributed by atoms with van der Waals surface area (Å²) < 4.78 is 0. The highest BCUT2D eigenvalue weighted by Crippen LogP contribution is 2.25. The molecule has 0 aliphatic carbocycles. The van der Waals surface area contributed by atoms with Crippen LogP contribution in [0.5, 0.6) is 0 Å². The zero-order chi connectivity index (χ0) is 22.5. The molecule has 1 saturated heterocycles. The number of carbonyl (C=O) groups is 2. The number of nitrogens with zero attached hydrogens (tertiary/aromatic N) is 3. The van der Waals surface area contributed by atoms with Gasteiger partial charge in [-0.1, -0.05) is 29.3 Å². The van der Waals surface area contributed by atoms with Gasteiger partial charge in [-0.15, -0.1) is 0 Å². The van der Waals surface area contributed by atoms with Crippen LogP contribution in [0.15, 0.2) is 36.4 Å². The normalized spacial score (nSPS) is 14.4. The maximum Gasteiger partial charge on any atom is 0.274 e. The van der Waals surface area contributed by atoms with Gasteiger partial charge in [0.2, 0.25) is 5.91 Å². The topological polar surface area (TPSA) is 95.8 Å². The molecule has 10 heteroatoms. The molecular formula is C21H22Cl2N4O4. The van der Waals surface area contributed by atoms with Crippen molar-refractivity contribution in [3.63, 3.8) is 0 Å². The standard InChI is InChI=1S/C21H22Cl2N4O4/c1-14-18(3-2-4-19(14)27(30)31)24-20(28)7-8-25-9-11-26(12-10-25)21(29)16-6-5-15(22)13-17(16)23/h2-6,13H,7-12H2,1H3,(H,24,28). The van der Waals surface area contributed by atoms with Gasteiger partial charge in [0.1, 0.15) is 0 Å². The number of hydrogen-bond donors (Lipinski definition) is 1. The molecular weight excluding hydrogens is 443 g/mol. The predicted octanol–water partition coefficient (Wildman–Crippen LogP) is 4.00. The fourth-order valence-electron chi connectivity index (χ4n) is 3.44. The van der Waals surface area contributed by atoms with Gasteiger partial charge in [-0.05, 0) is 31.2 Å². The van der Waals surface area contributed by atoms with Gasteiger partial charge < -0.3 is 10.2 Å². The molecule has 2 amide bonds. The number of rotatable bonds is 6. The summed E-state index contributed by atoms with van der Waals surface area (Å²) in [5, 5.41) is 14.6. The first kappa shape index (κ1) is 23.0. The summed E-state index contributed by atoms with van der Waals surface area (Å²) in [6.07, 6.45) is 0.249. The first-order valence-corrected chi connectivity index (χ1v) is 10.5. The van der Waals surface area contributed by atoms with Crippen molar-refractivity contribution in [1.82, 2.24) is 9.80 Å². The number of anilines is 1. The molecule has 31 heavy (non-hydrogen) atoms. The molecule has 3 rings (SSSR count). The SMILES string of the molecule is Cc1c(NC(=O)CCN2CCN(C(=O)c3ccc(Cl)cc3Cl)CC2)cccc1[N+](=O)[O-]. The largest absolute Gasteiger partial charge is 0.336 e. The summed E-state index contributed by atoms with van der Waals surface area (Å²) in [6.45, 7) is 4.48. The molecule has 0 unspecified atom stereocenters. The molecule has 1 aliphatic rings. The van der Waals surface area contributed by atoms with Crippen LogP contribution in [0.1, 0.15) is 22.3 Å². The second-order valence-corrected chi connectivity index (χ2v) is 8.11. The van der Waals surface area contributed by atoms with Crippen LogP contribution < -0.4 is 5.32 Å². The van der Waals surface area contributed by atoms with Crippen molar-refractivity contribution in [3.05, 3.63) is 67.7 Å². The third-order valence-electron chi connectivity index (χ3n) is 5.25. The van der Waals surface area contributed by atoms with Crippen molar-refractivity contribution >= 4 is 46.4 Å². The van der Waals surface area contributed by atoms with E-state index in [1.807, 2.05) is 0 Å². The highest BCUT2D eigenvalue weighted by Gasteiger charge is 2.24. The highest BCUT2D eigenvalue weighted by molar-refractivity contribution is 6.36. The summed E-state index contributed by atoms with van der Waals surface area (Å²) in [5.74, 6) is -0.352. The van der Waals surface area contributed by atoms with E-state index >= 15 is 0 Å². The summed E-state index contributed by atoms with van der Waals surface area (Å²) in [7, 11) is 0. The number of nitrogens with one attached hydrogen (secondary N) is 1. The molecule has 2 aromatic carbocycles. The van der Waals surface area contributed by atoms with E-state index in [0.29, 0.717) is 59.6 Å². The Morgan fingerprint density at radius 1 is 1.13 bits per heavy atom. The number of piperazine rings is 1. The Kier molecular flexibility index (Phi) is 7.48.